The fourth-order valence-electron chi connectivity index (χ4n) is 9.96. The molecule has 0 amide bonds. The lowest BCUT2D eigenvalue weighted by Gasteiger charge is -2.34. The van der Waals surface area contributed by atoms with Crippen LogP contribution in [-0.2, 0) is 0 Å². The van der Waals surface area contributed by atoms with Crippen molar-refractivity contribution in [1.29, 1.82) is 0 Å². The van der Waals surface area contributed by atoms with Crippen LogP contribution in [0, 0.1) is 5.92 Å². The summed E-state index contributed by atoms with van der Waals surface area (Å²) in [6.45, 7) is 0. The van der Waals surface area contributed by atoms with Gasteiger partial charge in [-0.2, -0.15) is 0 Å². The first-order chi connectivity index (χ1) is 25.3. The molecule has 4 aromatic rings. The highest BCUT2D eigenvalue weighted by Crippen LogP contribution is 2.58. The molecule has 0 saturated heterocycles. The summed E-state index contributed by atoms with van der Waals surface area (Å²) in [6, 6.07) is 34.9. The molecular weight excluding hydrogens is 637 g/mol. The van der Waals surface area contributed by atoms with E-state index in [2.05, 4.69) is 168 Å². The Labute approximate surface area is 305 Å². The van der Waals surface area contributed by atoms with Gasteiger partial charge in [0.05, 0.1) is 11.7 Å². The molecule has 3 heterocycles. The Balaban J connectivity index is 0.909. The fraction of sp³-hybridized carbons (Fsp3) is 0.208. The lowest BCUT2D eigenvalue weighted by molar-refractivity contribution is 0.502. The molecule has 0 aromatic heterocycles. The molecule has 6 atom stereocenters. The van der Waals surface area contributed by atoms with Gasteiger partial charge in [-0.05, 0) is 95.3 Å². The van der Waals surface area contributed by atoms with Gasteiger partial charge in [-0.1, -0.05) is 127 Å². The number of anilines is 4. The maximum Gasteiger partial charge on any atom is 0.0630 e. The topological polar surface area (TPSA) is 6.48 Å². The second-order valence-corrected chi connectivity index (χ2v) is 16.2. The quantitative estimate of drug-likeness (QED) is 0.212. The van der Waals surface area contributed by atoms with Crippen LogP contribution < -0.4 is 9.80 Å². The van der Waals surface area contributed by atoms with E-state index in [1.54, 1.807) is 0 Å². The van der Waals surface area contributed by atoms with Crippen molar-refractivity contribution in [2.24, 2.45) is 5.92 Å². The fourth-order valence-corrected chi connectivity index (χ4v) is 11.4. The van der Waals surface area contributed by atoms with Gasteiger partial charge in [0.1, 0.15) is 0 Å². The number of rotatable bonds is 4. The van der Waals surface area contributed by atoms with E-state index in [9.17, 15) is 0 Å². The lowest BCUT2D eigenvalue weighted by atomic mass is 9.75. The smallest absolute Gasteiger partial charge is 0.0630 e. The SMILES string of the molecule is C1=CCCC(c2ccc(N3C4=CCC(C5=CC6c7ccccc7N(c7cccc8c7SC7C=CC=CC87)C6C=C5)CC4c4ccccc43)cc2)=C1. The molecule has 4 aromatic carbocycles. The minimum absolute atomic E-state index is 0.285. The highest BCUT2D eigenvalue weighted by molar-refractivity contribution is 8.00. The number of hydrogen-bond acceptors (Lipinski definition) is 3. The molecule has 0 spiro atoms. The van der Waals surface area contributed by atoms with Gasteiger partial charge in [0, 0.05) is 50.7 Å². The van der Waals surface area contributed by atoms with Crippen molar-refractivity contribution in [3.63, 3.8) is 0 Å². The Bertz CT molecular complexity index is 2300. The normalized spacial score (nSPS) is 27.6. The van der Waals surface area contributed by atoms with E-state index in [1.165, 1.54) is 66.7 Å². The van der Waals surface area contributed by atoms with Gasteiger partial charge in [0.25, 0.3) is 0 Å². The predicted octanol–water partition coefficient (Wildman–Crippen LogP) is 12.4. The van der Waals surface area contributed by atoms with E-state index in [0.29, 0.717) is 28.9 Å². The standard InChI is InChI=1S/C48H40N2S/c1-2-11-31(12-3-1)32-21-25-35(26-22-32)49-42-17-7-4-13-36(42)40-29-33(23-27-44(40)49)34-24-28-45-41(30-34)37-14-5-8-18-43(37)50(45)46-19-10-16-39-38-15-6-9-20-47(38)51-48(39)46/h1-2,4-11,13-22,24-28,30,33,38,40-41,45,47H,3,12,23,29H2. The molecule has 11 rings (SSSR count). The monoisotopic (exact) mass is 676 g/mol. The molecule has 3 heteroatoms. The van der Waals surface area contributed by atoms with Crippen molar-refractivity contribution in [2.75, 3.05) is 9.80 Å². The number of nitrogens with zero attached hydrogens (tertiary/aromatic N) is 2. The van der Waals surface area contributed by atoms with Crippen LogP contribution in [0.25, 0.3) is 5.57 Å². The zero-order valence-corrected chi connectivity index (χ0v) is 29.4. The molecule has 0 fully saturated rings. The number of thioether (sulfide) groups is 1. The molecule has 248 valence electrons. The van der Waals surface area contributed by atoms with E-state index in [0.717, 1.165) is 25.7 Å². The van der Waals surface area contributed by atoms with E-state index >= 15 is 0 Å². The number of hydrogen-bond donors (Lipinski definition) is 0. The Kier molecular flexibility index (Phi) is 6.87. The van der Waals surface area contributed by atoms with Gasteiger partial charge < -0.3 is 9.80 Å². The minimum Gasteiger partial charge on any atom is -0.332 e. The zero-order valence-electron chi connectivity index (χ0n) is 28.6. The maximum atomic E-state index is 2.65. The van der Waals surface area contributed by atoms with Gasteiger partial charge in [-0.25, -0.2) is 0 Å². The average molecular weight is 677 g/mol. The van der Waals surface area contributed by atoms with Crippen LogP contribution in [0.5, 0.6) is 0 Å². The Morgan fingerprint density at radius 3 is 2.37 bits per heavy atom. The molecule has 2 nitrogen and oxygen atoms in total. The molecule has 6 unspecified atom stereocenters. The summed E-state index contributed by atoms with van der Waals surface area (Å²) in [4.78, 5) is 6.64. The third kappa shape index (κ3) is 4.64. The van der Waals surface area contributed by atoms with Crippen LogP contribution in [0.1, 0.15) is 65.7 Å². The molecule has 0 radical (unpaired) electrons. The van der Waals surface area contributed by atoms with Crippen molar-refractivity contribution in [1.82, 2.24) is 0 Å². The largest absolute Gasteiger partial charge is 0.332 e. The van der Waals surface area contributed by atoms with Crippen molar-refractivity contribution >= 4 is 40.1 Å². The summed E-state index contributed by atoms with van der Waals surface area (Å²) < 4.78 is 0. The van der Waals surface area contributed by atoms with Crippen molar-refractivity contribution in [3.05, 3.63) is 191 Å². The van der Waals surface area contributed by atoms with Crippen molar-refractivity contribution < 1.29 is 0 Å². The van der Waals surface area contributed by atoms with Crippen LogP contribution in [0.4, 0.5) is 22.7 Å². The van der Waals surface area contributed by atoms with Crippen LogP contribution in [0.3, 0.4) is 0 Å². The first kappa shape index (κ1) is 29.7. The molecule has 4 aliphatic carbocycles. The van der Waals surface area contributed by atoms with Crippen LogP contribution in [0.15, 0.2) is 174 Å². The molecule has 3 aliphatic heterocycles. The van der Waals surface area contributed by atoms with Gasteiger partial charge in [0.15, 0.2) is 0 Å². The van der Waals surface area contributed by atoms with E-state index in [-0.39, 0.29) is 6.04 Å². The Morgan fingerprint density at radius 2 is 1.49 bits per heavy atom. The number of para-hydroxylation sites is 2. The molecule has 7 aliphatic rings. The Morgan fingerprint density at radius 1 is 0.686 bits per heavy atom. The summed E-state index contributed by atoms with van der Waals surface area (Å²) in [5, 5.41) is 0.491. The van der Waals surface area contributed by atoms with Crippen LogP contribution in [-0.4, -0.2) is 11.3 Å². The maximum absolute atomic E-state index is 2.65. The summed E-state index contributed by atoms with van der Waals surface area (Å²) in [5.41, 5.74) is 15.5. The van der Waals surface area contributed by atoms with Gasteiger partial charge in [-0.3, -0.25) is 0 Å². The second-order valence-electron chi connectivity index (χ2n) is 15.0. The van der Waals surface area contributed by atoms with E-state index < -0.39 is 0 Å². The first-order valence-corrected chi connectivity index (χ1v) is 19.7. The highest BCUT2D eigenvalue weighted by atomic mass is 32.2. The van der Waals surface area contributed by atoms with Crippen LogP contribution in [0.2, 0.25) is 0 Å². The molecule has 0 N–H and O–H groups in total. The Hall–Kier alpha value is -4.99. The third-order valence-electron chi connectivity index (χ3n) is 12.3. The summed E-state index contributed by atoms with van der Waals surface area (Å²) in [6.07, 6.45) is 30.6. The number of benzene rings is 4. The van der Waals surface area contributed by atoms with Gasteiger partial charge >= 0.3 is 0 Å². The second kappa shape index (κ2) is 11.8. The zero-order chi connectivity index (χ0) is 33.5. The van der Waals surface area contributed by atoms with E-state index in [1.807, 2.05) is 11.8 Å². The first-order valence-electron chi connectivity index (χ1n) is 18.8. The average Bonchev–Trinajstić information content (AvgIpc) is 3.86. The van der Waals surface area contributed by atoms with Crippen LogP contribution >= 0.6 is 11.8 Å². The molecule has 51 heavy (non-hydrogen) atoms. The number of fused-ring (bicyclic) bond motifs is 9. The summed E-state index contributed by atoms with van der Waals surface area (Å²) >= 11 is 2.05. The van der Waals surface area contributed by atoms with Crippen molar-refractivity contribution in [3.8, 4) is 0 Å². The third-order valence-corrected chi connectivity index (χ3v) is 13.7. The molecular formula is C48H40N2S. The highest BCUT2D eigenvalue weighted by Gasteiger charge is 2.43. The molecule has 0 bridgehead atoms. The molecule has 0 saturated carbocycles. The minimum atomic E-state index is 0.285. The predicted molar refractivity (Wildman–Crippen MR) is 214 cm³/mol. The summed E-state index contributed by atoms with van der Waals surface area (Å²) in [5.74, 6) is 1.71. The van der Waals surface area contributed by atoms with Gasteiger partial charge in [-0.15, -0.1) is 11.8 Å². The van der Waals surface area contributed by atoms with Crippen molar-refractivity contribution in [2.45, 2.75) is 59.6 Å². The van der Waals surface area contributed by atoms with E-state index in [4.69, 9.17) is 0 Å². The summed E-state index contributed by atoms with van der Waals surface area (Å²) in [7, 11) is 0. The van der Waals surface area contributed by atoms with Gasteiger partial charge in [0.2, 0.25) is 0 Å². The number of allylic oxidation sites excluding steroid dienone is 11. The lowest BCUT2D eigenvalue weighted by Crippen LogP contribution is -2.30.